The Morgan fingerprint density at radius 2 is 1.89 bits per heavy atom. The van der Waals surface area contributed by atoms with Crippen LogP contribution in [0.5, 0.6) is 0 Å². The Morgan fingerprint density at radius 1 is 1.07 bits per heavy atom. The molecule has 0 N–H and O–H groups in total. The maximum Gasteiger partial charge on any atom is 0.0702 e. The third kappa shape index (κ3) is 5.31. The molecule has 0 spiro atoms. The van der Waals surface area contributed by atoms with Gasteiger partial charge in [0.05, 0.1) is 5.69 Å². The Labute approximate surface area is 165 Å². The normalized spacial score (nSPS) is 22.5. The number of allylic oxidation sites excluding steroid dienone is 1. The summed E-state index contributed by atoms with van der Waals surface area (Å²) in [5.41, 5.74) is 5.00. The molecule has 0 amide bonds. The molecule has 1 aliphatic rings. The first-order valence-electron chi connectivity index (χ1n) is 10.9. The lowest BCUT2D eigenvalue weighted by Crippen LogP contribution is -2.22. The molecule has 1 aromatic heterocycles. The van der Waals surface area contributed by atoms with Gasteiger partial charge in [-0.1, -0.05) is 75.9 Å². The number of unbranched alkanes of at least 4 members (excludes halogenated alkanes) is 2. The lowest BCUT2D eigenvalue weighted by atomic mass is 9.71. The van der Waals surface area contributed by atoms with E-state index in [9.17, 15) is 0 Å². The smallest absolute Gasteiger partial charge is 0.0702 e. The van der Waals surface area contributed by atoms with Gasteiger partial charge < -0.3 is 0 Å². The molecule has 1 aliphatic carbocycles. The Kier molecular flexibility index (Phi) is 7.26. The van der Waals surface area contributed by atoms with Gasteiger partial charge in [-0.2, -0.15) is 0 Å². The largest absolute Gasteiger partial charge is 0.256 e. The zero-order valence-corrected chi connectivity index (χ0v) is 17.2. The summed E-state index contributed by atoms with van der Waals surface area (Å²) < 4.78 is 0. The lowest BCUT2D eigenvalue weighted by molar-refractivity contribution is 0.215. The van der Waals surface area contributed by atoms with E-state index < -0.39 is 0 Å². The van der Waals surface area contributed by atoms with Crippen molar-refractivity contribution in [2.75, 3.05) is 0 Å². The van der Waals surface area contributed by atoms with Crippen molar-refractivity contribution in [3.8, 4) is 11.3 Å². The van der Waals surface area contributed by atoms with Crippen molar-refractivity contribution in [2.24, 2.45) is 11.8 Å². The summed E-state index contributed by atoms with van der Waals surface area (Å²) in [6.45, 7) is 8.57. The Balaban J connectivity index is 1.60. The monoisotopic (exact) mass is 361 g/mol. The first-order valence-corrected chi connectivity index (χ1v) is 10.9. The highest BCUT2D eigenvalue weighted by molar-refractivity contribution is 5.59. The SMILES string of the molecule is C=CCc1ccc(-c2ccc([C@@H]3CC[C@H](CCCCC)[C@@H](C)C3)cc2)nc1. The fourth-order valence-electron chi connectivity index (χ4n) is 4.66. The summed E-state index contributed by atoms with van der Waals surface area (Å²) >= 11 is 0. The average Bonchev–Trinajstić information content (AvgIpc) is 2.70. The van der Waals surface area contributed by atoms with Crippen LogP contribution in [-0.4, -0.2) is 4.98 Å². The molecule has 2 aromatic rings. The molecule has 144 valence electrons. The molecule has 0 unspecified atom stereocenters. The number of aromatic nitrogens is 1. The number of hydrogen-bond acceptors (Lipinski definition) is 1. The molecular formula is C26H35N. The van der Waals surface area contributed by atoms with Crippen LogP contribution in [0.4, 0.5) is 0 Å². The topological polar surface area (TPSA) is 12.9 Å². The van der Waals surface area contributed by atoms with E-state index in [1.807, 2.05) is 12.3 Å². The minimum Gasteiger partial charge on any atom is -0.256 e. The van der Waals surface area contributed by atoms with Gasteiger partial charge >= 0.3 is 0 Å². The van der Waals surface area contributed by atoms with Gasteiger partial charge in [0.2, 0.25) is 0 Å². The van der Waals surface area contributed by atoms with E-state index >= 15 is 0 Å². The molecule has 1 heteroatoms. The molecule has 1 saturated carbocycles. The minimum atomic E-state index is 0.736. The quantitative estimate of drug-likeness (QED) is 0.349. The van der Waals surface area contributed by atoms with Gasteiger partial charge in [0.25, 0.3) is 0 Å². The van der Waals surface area contributed by atoms with Gasteiger partial charge in [-0.3, -0.25) is 4.98 Å². The molecule has 0 radical (unpaired) electrons. The van der Waals surface area contributed by atoms with Crippen LogP contribution in [0.15, 0.2) is 55.3 Å². The Morgan fingerprint density at radius 3 is 2.52 bits per heavy atom. The van der Waals surface area contributed by atoms with Crippen LogP contribution in [0, 0.1) is 11.8 Å². The fraction of sp³-hybridized carbons (Fsp3) is 0.500. The van der Waals surface area contributed by atoms with Crippen molar-refractivity contribution in [3.05, 3.63) is 66.4 Å². The van der Waals surface area contributed by atoms with Crippen LogP contribution < -0.4 is 0 Å². The predicted molar refractivity (Wildman–Crippen MR) is 117 cm³/mol. The maximum absolute atomic E-state index is 4.62. The van der Waals surface area contributed by atoms with E-state index in [0.29, 0.717) is 0 Å². The van der Waals surface area contributed by atoms with Gasteiger partial charge in [0, 0.05) is 11.8 Å². The van der Waals surface area contributed by atoms with Gasteiger partial charge in [-0.05, 0) is 60.6 Å². The standard InChI is InChI=1S/C26H35N/c1-4-6-7-9-22-11-16-25(18-20(22)3)23-12-14-24(15-13-23)26-17-10-21(8-5-2)19-27-26/h5,10,12-15,17,19-20,22,25H,2,4,6-9,11,16,18H2,1,3H3/t20-,22-,25+/m0/s1. The highest BCUT2D eigenvalue weighted by Crippen LogP contribution is 2.41. The van der Waals surface area contributed by atoms with E-state index in [4.69, 9.17) is 0 Å². The number of nitrogens with zero attached hydrogens (tertiary/aromatic N) is 1. The molecule has 1 aromatic carbocycles. The van der Waals surface area contributed by atoms with Crippen molar-refractivity contribution in [1.29, 1.82) is 0 Å². The number of hydrogen-bond donors (Lipinski definition) is 0. The molecule has 3 atom stereocenters. The molecule has 0 saturated heterocycles. The zero-order valence-electron chi connectivity index (χ0n) is 17.2. The van der Waals surface area contributed by atoms with Crippen molar-refractivity contribution >= 4 is 0 Å². The molecule has 1 nitrogen and oxygen atoms in total. The van der Waals surface area contributed by atoms with Gasteiger partial charge in [-0.25, -0.2) is 0 Å². The number of pyridine rings is 1. The van der Waals surface area contributed by atoms with Gasteiger partial charge in [0.1, 0.15) is 0 Å². The van der Waals surface area contributed by atoms with E-state index in [0.717, 1.165) is 29.9 Å². The van der Waals surface area contributed by atoms with Crippen molar-refractivity contribution in [1.82, 2.24) is 4.98 Å². The number of rotatable bonds is 8. The molecular weight excluding hydrogens is 326 g/mol. The predicted octanol–water partition coefficient (Wildman–Crippen LogP) is 7.58. The summed E-state index contributed by atoms with van der Waals surface area (Å²) in [5.74, 6) is 2.55. The van der Waals surface area contributed by atoms with Crippen LogP contribution in [0.1, 0.15) is 75.8 Å². The van der Waals surface area contributed by atoms with E-state index in [1.54, 1.807) is 0 Å². The van der Waals surface area contributed by atoms with Crippen molar-refractivity contribution < 1.29 is 0 Å². The average molecular weight is 362 g/mol. The fourth-order valence-corrected chi connectivity index (χ4v) is 4.66. The van der Waals surface area contributed by atoms with Crippen LogP contribution in [-0.2, 0) is 6.42 Å². The van der Waals surface area contributed by atoms with Crippen molar-refractivity contribution in [3.63, 3.8) is 0 Å². The van der Waals surface area contributed by atoms with Crippen LogP contribution in [0.2, 0.25) is 0 Å². The van der Waals surface area contributed by atoms with Crippen molar-refractivity contribution in [2.45, 2.75) is 71.1 Å². The highest BCUT2D eigenvalue weighted by Gasteiger charge is 2.27. The second-order valence-electron chi connectivity index (χ2n) is 8.41. The minimum absolute atomic E-state index is 0.736. The number of benzene rings is 1. The molecule has 27 heavy (non-hydrogen) atoms. The zero-order chi connectivity index (χ0) is 19.1. The Hall–Kier alpha value is -1.89. The van der Waals surface area contributed by atoms with E-state index in [1.165, 1.54) is 61.6 Å². The second kappa shape index (κ2) is 9.88. The lowest BCUT2D eigenvalue weighted by Gasteiger charge is -2.34. The summed E-state index contributed by atoms with van der Waals surface area (Å²) in [6, 6.07) is 13.5. The Bertz CT molecular complexity index is 698. The van der Waals surface area contributed by atoms with E-state index in [2.05, 4.69) is 61.8 Å². The van der Waals surface area contributed by atoms with Crippen LogP contribution in [0.3, 0.4) is 0 Å². The summed E-state index contributed by atoms with van der Waals surface area (Å²) in [4.78, 5) is 4.62. The molecule has 0 bridgehead atoms. The van der Waals surface area contributed by atoms with Crippen LogP contribution in [0.25, 0.3) is 11.3 Å². The summed E-state index contributed by atoms with van der Waals surface area (Å²) in [7, 11) is 0. The third-order valence-electron chi connectivity index (χ3n) is 6.41. The maximum atomic E-state index is 4.62. The first-order chi connectivity index (χ1) is 13.2. The summed E-state index contributed by atoms with van der Waals surface area (Å²) in [5, 5.41) is 0. The van der Waals surface area contributed by atoms with Gasteiger partial charge in [0.15, 0.2) is 0 Å². The molecule has 1 heterocycles. The second-order valence-corrected chi connectivity index (χ2v) is 8.41. The molecule has 3 rings (SSSR count). The third-order valence-corrected chi connectivity index (χ3v) is 6.41. The van der Waals surface area contributed by atoms with E-state index in [-0.39, 0.29) is 0 Å². The highest BCUT2D eigenvalue weighted by atomic mass is 14.7. The molecule has 1 fully saturated rings. The first kappa shape index (κ1) is 19.9. The van der Waals surface area contributed by atoms with Crippen LogP contribution >= 0.6 is 0 Å². The summed E-state index contributed by atoms with van der Waals surface area (Å²) in [6.07, 6.45) is 14.5. The van der Waals surface area contributed by atoms with Gasteiger partial charge in [-0.15, -0.1) is 6.58 Å². The molecule has 0 aliphatic heterocycles.